The van der Waals surface area contributed by atoms with E-state index in [2.05, 4.69) is 8.92 Å². The molecule has 0 aliphatic heterocycles. The Morgan fingerprint density at radius 1 is 1.38 bits per heavy atom. The van der Waals surface area contributed by atoms with E-state index in [0.717, 1.165) is 0 Å². The van der Waals surface area contributed by atoms with E-state index in [-0.39, 0.29) is 11.8 Å². The molecule has 0 aliphatic carbocycles. The Labute approximate surface area is 101 Å². The summed E-state index contributed by atoms with van der Waals surface area (Å²) in [7, 11) is -3.86. The van der Waals surface area contributed by atoms with Crippen LogP contribution >= 0.6 is 11.6 Å². The summed E-state index contributed by atoms with van der Waals surface area (Å²) >= 11 is 5.40. The summed E-state index contributed by atoms with van der Waals surface area (Å²) in [5.74, 6) is -1.58. The Morgan fingerprint density at radius 3 is 2.38 bits per heavy atom. The van der Waals surface area contributed by atoms with E-state index in [0.29, 0.717) is 6.42 Å². The maximum Gasteiger partial charge on any atom is 0.309 e. The number of carbonyl (C=O) groups excluding carboxylic acids is 1. The predicted molar refractivity (Wildman–Crippen MR) is 60.6 cm³/mol. The van der Waals surface area contributed by atoms with E-state index in [1.807, 2.05) is 6.92 Å². The first-order valence-corrected chi connectivity index (χ1v) is 7.07. The molecule has 0 rings (SSSR count). The summed E-state index contributed by atoms with van der Waals surface area (Å²) < 4.78 is 31.7. The second-order valence-electron chi connectivity index (χ2n) is 3.51. The molecule has 0 aliphatic rings. The fourth-order valence-corrected chi connectivity index (χ4v) is 1.77. The first-order valence-electron chi connectivity index (χ1n) is 4.96. The molecule has 0 aromatic heterocycles. The van der Waals surface area contributed by atoms with E-state index in [4.69, 9.17) is 11.6 Å². The summed E-state index contributed by atoms with van der Waals surface area (Å²) in [6.45, 7) is 4.99. The van der Waals surface area contributed by atoms with Crippen molar-refractivity contribution in [2.75, 3.05) is 11.8 Å². The highest BCUT2D eigenvalue weighted by molar-refractivity contribution is 7.86. The molecule has 0 amide bonds. The number of rotatable bonds is 7. The molecule has 16 heavy (non-hydrogen) atoms. The zero-order valence-corrected chi connectivity index (χ0v) is 11.2. The summed E-state index contributed by atoms with van der Waals surface area (Å²) in [6.07, 6.45) is -0.0355. The monoisotopic (exact) mass is 272 g/mol. The van der Waals surface area contributed by atoms with Crippen LogP contribution in [0.1, 0.15) is 27.2 Å². The van der Waals surface area contributed by atoms with Crippen molar-refractivity contribution in [3.05, 3.63) is 0 Å². The molecule has 0 spiro atoms. The molecule has 2 atom stereocenters. The Hall–Kier alpha value is -0.330. The minimum absolute atomic E-state index is 0.0541. The van der Waals surface area contributed by atoms with Crippen molar-refractivity contribution in [1.29, 1.82) is 0 Å². The molecule has 2 unspecified atom stereocenters. The molecular weight excluding hydrogens is 256 g/mol. The largest absolute Gasteiger partial charge is 0.446 e. The van der Waals surface area contributed by atoms with Gasteiger partial charge in [-0.1, -0.05) is 13.8 Å². The van der Waals surface area contributed by atoms with Gasteiger partial charge in [-0.05, 0) is 13.3 Å². The number of carbonyl (C=O) groups is 1. The van der Waals surface area contributed by atoms with Gasteiger partial charge in [0.2, 0.25) is 5.94 Å². The summed E-state index contributed by atoms with van der Waals surface area (Å²) in [5, 5.41) is 0. The van der Waals surface area contributed by atoms with Gasteiger partial charge in [-0.15, -0.1) is 11.6 Å². The zero-order chi connectivity index (χ0) is 12.8. The van der Waals surface area contributed by atoms with Gasteiger partial charge in [0.15, 0.2) is 0 Å². The third kappa shape index (κ3) is 6.30. The Kier molecular flexibility index (Phi) is 6.94. The molecule has 0 saturated carbocycles. The molecule has 0 fully saturated rings. The van der Waals surface area contributed by atoms with Crippen LogP contribution in [0.25, 0.3) is 0 Å². The van der Waals surface area contributed by atoms with Crippen LogP contribution in [-0.4, -0.2) is 32.3 Å². The first kappa shape index (κ1) is 15.7. The Bertz CT molecular complexity index is 314. The molecule has 7 heteroatoms. The molecule has 0 heterocycles. The first-order chi connectivity index (χ1) is 7.32. The number of ether oxygens (including phenoxy) is 1. The highest BCUT2D eigenvalue weighted by Gasteiger charge is 2.20. The molecule has 5 nitrogen and oxygen atoms in total. The summed E-state index contributed by atoms with van der Waals surface area (Å²) in [5.41, 5.74) is 0. The van der Waals surface area contributed by atoms with Gasteiger partial charge < -0.3 is 4.74 Å². The Balaban J connectivity index is 4.14. The zero-order valence-electron chi connectivity index (χ0n) is 9.60. The summed E-state index contributed by atoms with van der Waals surface area (Å²) in [4.78, 5) is 11.2. The van der Waals surface area contributed by atoms with Crippen LogP contribution in [0.5, 0.6) is 0 Å². The highest BCUT2D eigenvalue weighted by Crippen LogP contribution is 2.07. The number of esters is 1. The predicted octanol–water partition coefficient (Wildman–Crippen LogP) is 1.51. The molecule has 0 aromatic rings. The van der Waals surface area contributed by atoms with Gasteiger partial charge in [0.05, 0.1) is 12.0 Å². The molecule has 0 N–H and O–H groups in total. The van der Waals surface area contributed by atoms with Gasteiger partial charge >= 0.3 is 16.1 Å². The van der Waals surface area contributed by atoms with Gasteiger partial charge in [-0.2, -0.15) is 8.42 Å². The lowest BCUT2D eigenvalue weighted by molar-refractivity contribution is -0.146. The lowest BCUT2D eigenvalue weighted by atomic mass is 10.1. The molecule has 0 saturated heterocycles. The molecular formula is C9H17ClO5S. The van der Waals surface area contributed by atoms with E-state index >= 15 is 0 Å². The van der Waals surface area contributed by atoms with Crippen LogP contribution in [0.2, 0.25) is 0 Å². The van der Waals surface area contributed by atoms with Crippen molar-refractivity contribution in [3.63, 3.8) is 0 Å². The van der Waals surface area contributed by atoms with E-state index in [1.54, 1.807) is 6.92 Å². The van der Waals surface area contributed by atoms with E-state index < -0.39 is 28.1 Å². The van der Waals surface area contributed by atoms with Crippen molar-refractivity contribution < 1.29 is 22.1 Å². The maximum atomic E-state index is 11.3. The van der Waals surface area contributed by atoms with Gasteiger partial charge in [0.25, 0.3) is 0 Å². The van der Waals surface area contributed by atoms with Crippen molar-refractivity contribution in [1.82, 2.24) is 0 Å². The van der Waals surface area contributed by atoms with Crippen LogP contribution in [0, 0.1) is 5.92 Å². The molecule has 0 aromatic carbocycles. The van der Waals surface area contributed by atoms with Crippen molar-refractivity contribution in [2.24, 2.45) is 5.92 Å². The Morgan fingerprint density at radius 2 is 1.94 bits per heavy atom. The minimum atomic E-state index is -3.86. The third-order valence-corrected chi connectivity index (χ3v) is 3.35. The number of alkyl halides is 1. The summed E-state index contributed by atoms with van der Waals surface area (Å²) in [6, 6.07) is 0. The van der Waals surface area contributed by atoms with Crippen molar-refractivity contribution >= 4 is 27.7 Å². The quantitative estimate of drug-likeness (QED) is 0.399. The molecule has 0 bridgehead atoms. The van der Waals surface area contributed by atoms with Gasteiger partial charge in [0.1, 0.15) is 0 Å². The lowest BCUT2D eigenvalue weighted by Gasteiger charge is -2.12. The maximum absolute atomic E-state index is 11.3. The fraction of sp³-hybridized carbons (Fsp3) is 0.889. The lowest BCUT2D eigenvalue weighted by Crippen LogP contribution is -2.24. The fourth-order valence-electron chi connectivity index (χ4n) is 0.743. The third-order valence-electron chi connectivity index (χ3n) is 1.89. The second-order valence-corrected chi connectivity index (χ2v) is 5.36. The topological polar surface area (TPSA) is 69.7 Å². The SMILES string of the molecule is CCC(C)C(=O)OCS(=O)(=O)OC(C)CCl. The number of halogens is 1. The van der Waals surface area contributed by atoms with Crippen molar-refractivity contribution in [2.45, 2.75) is 33.3 Å². The number of hydrogen-bond acceptors (Lipinski definition) is 5. The van der Waals surface area contributed by atoms with Crippen LogP contribution in [0.4, 0.5) is 0 Å². The average Bonchev–Trinajstić information content (AvgIpc) is 2.24. The smallest absolute Gasteiger partial charge is 0.309 e. The van der Waals surface area contributed by atoms with Crippen LogP contribution in [0.3, 0.4) is 0 Å². The van der Waals surface area contributed by atoms with Gasteiger partial charge in [-0.25, -0.2) is 0 Å². The normalized spacial score (nSPS) is 15.5. The van der Waals surface area contributed by atoms with Crippen molar-refractivity contribution in [3.8, 4) is 0 Å². The second kappa shape index (κ2) is 7.09. The average molecular weight is 273 g/mol. The van der Waals surface area contributed by atoms with Crippen LogP contribution in [-0.2, 0) is 23.8 Å². The molecule has 96 valence electrons. The van der Waals surface area contributed by atoms with Crippen LogP contribution < -0.4 is 0 Å². The van der Waals surface area contributed by atoms with Gasteiger partial charge in [-0.3, -0.25) is 8.98 Å². The van der Waals surface area contributed by atoms with E-state index in [9.17, 15) is 13.2 Å². The highest BCUT2D eigenvalue weighted by atomic mass is 35.5. The minimum Gasteiger partial charge on any atom is -0.446 e. The van der Waals surface area contributed by atoms with Crippen LogP contribution in [0.15, 0.2) is 0 Å². The van der Waals surface area contributed by atoms with E-state index in [1.165, 1.54) is 6.92 Å². The van der Waals surface area contributed by atoms with Gasteiger partial charge in [0, 0.05) is 5.88 Å². The number of hydrogen-bond donors (Lipinski definition) is 0. The molecule has 0 radical (unpaired) electrons. The standard InChI is InChI=1S/C9H17ClO5S/c1-4-7(2)9(11)14-6-16(12,13)15-8(3)5-10/h7-8H,4-6H2,1-3H3.